The maximum atomic E-state index is 12.7. The van der Waals surface area contributed by atoms with Gasteiger partial charge in [-0.1, -0.05) is 34.6 Å². The predicted octanol–water partition coefficient (Wildman–Crippen LogP) is 1.88. The average molecular weight is 395 g/mol. The quantitative estimate of drug-likeness (QED) is 0.678. The Morgan fingerprint density at radius 3 is 2.76 bits per heavy atom. The first-order valence-electron chi connectivity index (χ1n) is 9.45. The molecule has 150 valence electrons. The molecule has 0 aliphatic carbocycles. The lowest BCUT2D eigenvalue weighted by Gasteiger charge is -2.23. The van der Waals surface area contributed by atoms with Gasteiger partial charge in [-0.05, 0) is 25.3 Å². The Hall–Kier alpha value is -3.49. The number of hydrogen-bond donors (Lipinski definition) is 1. The molecule has 0 radical (unpaired) electrons. The minimum absolute atomic E-state index is 0.113. The highest BCUT2D eigenvalue weighted by molar-refractivity contribution is 5.88. The van der Waals surface area contributed by atoms with Gasteiger partial charge in [0.25, 0.3) is 0 Å². The van der Waals surface area contributed by atoms with Gasteiger partial charge in [0.1, 0.15) is 11.8 Å². The zero-order valence-corrected chi connectivity index (χ0v) is 16.0. The molecular formula is C20H21N5O4. The fourth-order valence-corrected chi connectivity index (χ4v) is 3.46. The minimum Gasteiger partial charge on any atom is -0.361 e. The summed E-state index contributed by atoms with van der Waals surface area (Å²) in [6.45, 7) is 2.76. The van der Waals surface area contributed by atoms with Gasteiger partial charge >= 0.3 is 0 Å². The van der Waals surface area contributed by atoms with Crippen LogP contribution in [0, 0.1) is 6.92 Å². The molecule has 0 bridgehead atoms. The summed E-state index contributed by atoms with van der Waals surface area (Å²) in [5.74, 6) is 0.762. The van der Waals surface area contributed by atoms with E-state index in [2.05, 4.69) is 20.6 Å². The van der Waals surface area contributed by atoms with Crippen LogP contribution in [0.5, 0.6) is 0 Å². The van der Waals surface area contributed by atoms with Crippen LogP contribution in [-0.4, -0.2) is 44.6 Å². The molecule has 1 saturated heterocycles. The SMILES string of the molecule is Cc1cc(CC(=O)N2CCC[C@H]2C(=O)NCc2ccc(-c3ncon3)cc2)on1. The van der Waals surface area contributed by atoms with Gasteiger partial charge in [0.2, 0.25) is 24.0 Å². The third-order valence-electron chi connectivity index (χ3n) is 4.92. The summed E-state index contributed by atoms with van der Waals surface area (Å²) in [5, 5.41) is 10.5. The number of nitrogens with one attached hydrogen (secondary N) is 1. The van der Waals surface area contributed by atoms with E-state index >= 15 is 0 Å². The summed E-state index contributed by atoms with van der Waals surface area (Å²) >= 11 is 0. The van der Waals surface area contributed by atoms with Gasteiger partial charge in [-0.3, -0.25) is 9.59 Å². The highest BCUT2D eigenvalue weighted by Gasteiger charge is 2.34. The van der Waals surface area contributed by atoms with Crippen LogP contribution in [0.4, 0.5) is 0 Å². The Morgan fingerprint density at radius 1 is 1.24 bits per heavy atom. The second-order valence-corrected chi connectivity index (χ2v) is 7.03. The minimum atomic E-state index is -0.454. The van der Waals surface area contributed by atoms with Crippen LogP contribution >= 0.6 is 0 Å². The molecule has 3 aromatic rings. The fourth-order valence-electron chi connectivity index (χ4n) is 3.46. The normalized spacial score (nSPS) is 16.2. The van der Waals surface area contributed by atoms with Crippen LogP contribution in [0.1, 0.15) is 29.9 Å². The summed E-state index contributed by atoms with van der Waals surface area (Å²) in [5.41, 5.74) is 2.51. The van der Waals surface area contributed by atoms with E-state index in [1.165, 1.54) is 6.39 Å². The largest absolute Gasteiger partial charge is 0.361 e. The number of rotatable bonds is 6. The van der Waals surface area contributed by atoms with Crippen LogP contribution < -0.4 is 5.32 Å². The molecule has 1 fully saturated rings. The van der Waals surface area contributed by atoms with E-state index in [-0.39, 0.29) is 18.2 Å². The summed E-state index contributed by atoms with van der Waals surface area (Å²) in [6, 6.07) is 8.83. The molecule has 2 amide bonds. The second-order valence-electron chi connectivity index (χ2n) is 7.03. The van der Waals surface area contributed by atoms with Crippen molar-refractivity contribution in [3.05, 3.63) is 53.7 Å². The van der Waals surface area contributed by atoms with Crippen LogP contribution in [0.15, 0.2) is 45.8 Å². The fraction of sp³-hybridized carbons (Fsp3) is 0.350. The van der Waals surface area contributed by atoms with Crippen molar-refractivity contribution in [2.45, 2.75) is 38.8 Å². The Bertz CT molecular complexity index is 981. The first-order valence-corrected chi connectivity index (χ1v) is 9.45. The van der Waals surface area contributed by atoms with Crippen molar-refractivity contribution in [1.29, 1.82) is 0 Å². The van der Waals surface area contributed by atoms with Crippen LogP contribution in [-0.2, 0) is 22.6 Å². The van der Waals surface area contributed by atoms with Gasteiger partial charge in [0.05, 0.1) is 12.1 Å². The van der Waals surface area contributed by atoms with Gasteiger partial charge in [0.15, 0.2) is 0 Å². The van der Waals surface area contributed by atoms with Crippen molar-refractivity contribution in [1.82, 2.24) is 25.5 Å². The molecule has 1 atom stereocenters. The van der Waals surface area contributed by atoms with E-state index in [4.69, 9.17) is 9.05 Å². The highest BCUT2D eigenvalue weighted by Crippen LogP contribution is 2.20. The number of aryl methyl sites for hydroxylation is 1. The summed E-state index contributed by atoms with van der Waals surface area (Å²) in [4.78, 5) is 30.9. The number of benzene rings is 1. The third-order valence-corrected chi connectivity index (χ3v) is 4.92. The number of nitrogens with zero attached hydrogens (tertiary/aromatic N) is 4. The van der Waals surface area contributed by atoms with Gasteiger partial charge in [-0.2, -0.15) is 4.98 Å². The summed E-state index contributed by atoms with van der Waals surface area (Å²) in [7, 11) is 0. The van der Waals surface area contributed by atoms with Gasteiger partial charge in [-0.15, -0.1) is 0 Å². The topological polar surface area (TPSA) is 114 Å². The van der Waals surface area contributed by atoms with Gasteiger partial charge in [-0.25, -0.2) is 0 Å². The zero-order valence-electron chi connectivity index (χ0n) is 16.0. The molecule has 4 rings (SSSR count). The Kier molecular flexibility index (Phi) is 5.37. The number of carbonyl (C=O) groups excluding carboxylic acids is 2. The number of likely N-dealkylation sites (tertiary alicyclic amines) is 1. The van der Waals surface area contributed by atoms with Crippen molar-refractivity contribution >= 4 is 11.8 Å². The lowest BCUT2D eigenvalue weighted by molar-refractivity contribution is -0.138. The van der Waals surface area contributed by atoms with E-state index in [0.29, 0.717) is 31.1 Å². The van der Waals surface area contributed by atoms with E-state index in [1.54, 1.807) is 17.9 Å². The van der Waals surface area contributed by atoms with E-state index in [9.17, 15) is 9.59 Å². The van der Waals surface area contributed by atoms with E-state index in [1.807, 2.05) is 24.3 Å². The predicted molar refractivity (Wildman–Crippen MR) is 101 cm³/mol. The lowest BCUT2D eigenvalue weighted by atomic mass is 10.1. The molecule has 0 spiro atoms. The maximum Gasteiger partial charge on any atom is 0.243 e. The van der Waals surface area contributed by atoms with Crippen molar-refractivity contribution in [2.24, 2.45) is 0 Å². The summed E-state index contributed by atoms with van der Waals surface area (Å²) < 4.78 is 9.86. The van der Waals surface area contributed by atoms with Crippen molar-refractivity contribution in [3.8, 4) is 11.4 Å². The zero-order chi connectivity index (χ0) is 20.2. The Balaban J connectivity index is 1.33. The maximum absolute atomic E-state index is 12.7. The molecular weight excluding hydrogens is 374 g/mol. The smallest absolute Gasteiger partial charge is 0.243 e. The summed E-state index contributed by atoms with van der Waals surface area (Å²) in [6.07, 6.45) is 2.85. The van der Waals surface area contributed by atoms with Crippen LogP contribution in [0.25, 0.3) is 11.4 Å². The molecule has 29 heavy (non-hydrogen) atoms. The standard InChI is InChI=1S/C20H21N5O4/c1-13-9-16(29-23-13)10-18(26)25-8-2-3-17(25)20(27)21-11-14-4-6-15(7-5-14)19-22-12-28-24-19/h4-7,9,12,17H,2-3,8,10-11H2,1H3,(H,21,27)/t17-/m0/s1. The number of carbonyl (C=O) groups is 2. The molecule has 2 aromatic heterocycles. The van der Waals surface area contributed by atoms with Crippen molar-refractivity contribution < 1.29 is 18.6 Å². The van der Waals surface area contributed by atoms with Gasteiger partial charge < -0.3 is 19.3 Å². The number of hydrogen-bond acceptors (Lipinski definition) is 7. The average Bonchev–Trinajstić information content (AvgIpc) is 3.48. The van der Waals surface area contributed by atoms with E-state index < -0.39 is 6.04 Å². The Labute approximate surface area is 167 Å². The number of amides is 2. The Morgan fingerprint density at radius 2 is 2.07 bits per heavy atom. The first-order chi connectivity index (χ1) is 14.1. The van der Waals surface area contributed by atoms with Crippen LogP contribution in [0.3, 0.4) is 0 Å². The van der Waals surface area contributed by atoms with Crippen molar-refractivity contribution in [2.75, 3.05) is 6.54 Å². The molecule has 9 heteroatoms. The molecule has 3 heterocycles. The van der Waals surface area contributed by atoms with Crippen LogP contribution in [0.2, 0.25) is 0 Å². The monoisotopic (exact) mass is 395 g/mol. The molecule has 1 aliphatic heterocycles. The molecule has 1 N–H and O–H groups in total. The van der Waals surface area contributed by atoms with E-state index in [0.717, 1.165) is 23.2 Å². The molecule has 9 nitrogen and oxygen atoms in total. The second kappa shape index (κ2) is 8.26. The van der Waals surface area contributed by atoms with Gasteiger partial charge in [0, 0.05) is 24.7 Å². The van der Waals surface area contributed by atoms with Crippen molar-refractivity contribution in [3.63, 3.8) is 0 Å². The number of aromatic nitrogens is 3. The first kappa shape index (κ1) is 18.9. The lowest BCUT2D eigenvalue weighted by Crippen LogP contribution is -2.46. The molecule has 0 unspecified atom stereocenters. The highest BCUT2D eigenvalue weighted by atomic mass is 16.5. The third kappa shape index (κ3) is 4.34. The molecule has 1 aromatic carbocycles. The molecule has 1 aliphatic rings. The molecule has 0 saturated carbocycles.